The van der Waals surface area contributed by atoms with E-state index >= 15 is 0 Å². The first-order valence-electron chi connectivity index (χ1n) is 6.66. The van der Waals surface area contributed by atoms with Gasteiger partial charge < -0.3 is 4.90 Å². The molecule has 1 saturated heterocycles. The number of carbonyl (C=O) groups is 1. The Bertz CT molecular complexity index is 354. The van der Waals surface area contributed by atoms with Crippen molar-refractivity contribution in [3.63, 3.8) is 0 Å². The van der Waals surface area contributed by atoms with Gasteiger partial charge in [-0.05, 0) is 31.2 Å². The molecule has 0 N–H and O–H groups in total. The van der Waals surface area contributed by atoms with Gasteiger partial charge in [0.1, 0.15) is 0 Å². The summed E-state index contributed by atoms with van der Waals surface area (Å²) < 4.78 is 0. The SMILES string of the molecule is CC[C@@H](C(=O)N1CCCCC1)c1ccccc1. The normalized spacial score (nSPS) is 17.8. The molecule has 17 heavy (non-hydrogen) atoms. The Balaban J connectivity index is 2.10. The number of amides is 1. The summed E-state index contributed by atoms with van der Waals surface area (Å²) in [5.74, 6) is 0.368. The molecule has 1 fully saturated rings. The molecular weight excluding hydrogens is 210 g/mol. The van der Waals surface area contributed by atoms with Gasteiger partial charge in [-0.1, -0.05) is 37.3 Å². The molecule has 1 amide bonds. The zero-order valence-corrected chi connectivity index (χ0v) is 10.6. The van der Waals surface area contributed by atoms with Gasteiger partial charge >= 0.3 is 0 Å². The average Bonchev–Trinajstić information content (AvgIpc) is 2.42. The molecule has 0 aliphatic carbocycles. The quantitative estimate of drug-likeness (QED) is 0.782. The molecule has 0 unspecified atom stereocenters. The van der Waals surface area contributed by atoms with E-state index in [9.17, 15) is 4.79 Å². The van der Waals surface area contributed by atoms with Gasteiger partial charge in [-0.3, -0.25) is 4.79 Å². The number of rotatable bonds is 3. The first kappa shape index (κ1) is 12.2. The van der Waals surface area contributed by atoms with Crippen LogP contribution in [-0.2, 0) is 4.79 Å². The summed E-state index contributed by atoms with van der Waals surface area (Å²) in [6.45, 7) is 3.99. The predicted molar refractivity (Wildman–Crippen MR) is 69.9 cm³/mol. The fourth-order valence-electron chi connectivity index (χ4n) is 2.57. The lowest BCUT2D eigenvalue weighted by atomic mass is 9.94. The molecule has 2 rings (SSSR count). The first-order valence-corrected chi connectivity index (χ1v) is 6.66. The molecule has 2 heteroatoms. The topological polar surface area (TPSA) is 20.3 Å². The maximum Gasteiger partial charge on any atom is 0.230 e. The smallest absolute Gasteiger partial charge is 0.230 e. The molecule has 2 nitrogen and oxygen atoms in total. The van der Waals surface area contributed by atoms with E-state index in [0.717, 1.165) is 37.9 Å². The van der Waals surface area contributed by atoms with Gasteiger partial charge in [0.25, 0.3) is 0 Å². The van der Waals surface area contributed by atoms with Crippen molar-refractivity contribution in [1.82, 2.24) is 4.90 Å². The lowest BCUT2D eigenvalue weighted by Crippen LogP contribution is -2.38. The van der Waals surface area contributed by atoms with Crippen molar-refractivity contribution in [3.8, 4) is 0 Å². The number of carbonyl (C=O) groups excluding carboxylic acids is 1. The van der Waals surface area contributed by atoms with Gasteiger partial charge in [-0.25, -0.2) is 0 Å². The van der Waals surface area contributed by atoms with E-state index in [4.69, 9.17) is 0 Å². The van der Waals surface area contributed by atoms with Crippen molar-refractivity contribution in [2.45, 2.75) is 38.5 Å². The van der Waals surface area contributed by atoms with Gasteiger partial charge in [-0.2, -0.15) is 0 Å². The molecule has 1 aliphatic rings. The van der Waals surface area contributed by atoms with Crippen LogP contribution in [0.5, 0.6) is 0 Å². The predicted octanol–water partition coefficient (Wildman–Crippen LogP) is 3.19. The van der Waals surface area contributed by atoms with Crippen LogP contribution in [0.15, 0.2) is 30.3 Å². The molecule has 0 saturated carbocycles. The summed E-state index contributed by atoms with van der Waals surface area (Å²) in [5, 5.41) is 0. The lowest BCUT2D eigenvalue weighted by Gasteiger charge is -2.30. The third-order valence-electron chi connectivity index (χ3n) is 3.58. The summed E-state index contributed by atoms with van der Waals surface area (Å²) in [6, 6.07) is 10.2. The van der Waals surface area contributed by atoms with Crippen molar-refractivity contribution in [2.75, 3.05) is 13.1 Å². The second kappa shape index (κ2) is 5.85. The molecule has 0 radical (unpaired) electrons. The number of piperidine rings is 1. The van der Waals surface area contributed by atoms with Crippen LogP contribution in [0.2, 0.25) is 0 Å². The van der Waals surface area contributed by atoms with Gasteiger partial charge in [0.05, 0.1) is 5.92 Å². The molecule has 1 heterocycles. The minimum Gasteiger partial charge on any atom is -0.342 e. The molecule has 0 bridgehead atoms. The lowest BCUT2D eigenvalue weighted by molar-refractivity contribution is -0.133. The van der Waals surface area contributed by atoms with Crippen LogP contribution in [0.4, 0.5) is 0 Å². The number of benzene rings is 1. The Labute approximate surface area is 104 Å². The summed E-state index contributed by atoms with van der Waals surface area (Å²) in [5.41, 5.74) is 1.16. The number of likely N-dealkylation sites (tertiary alicyclic amines) is 1. The number of hydrogen-bond donors (Lipinski definition) is 0. The Morgan fingerprint density at radius 2 is 1.82 bits per heavy atom. The van der Waals surface area contributed by atoms with Crippen LogP contribution in [0, 0.1) is 0 Å². The zero-order chi connectivity index (χ0) is 12.1. The molecule has 1 aromatic rings. The Morgan fingerprint density at radius 1 is 1.18 bits per heavy atom. The second-order valence-corrected chi connectivity index (χ2v) is 4.76. The van der Waals surface area contributed by atoms with E-state index in [1.165, 1.54) is 6.42 Å². The standard InChI is InChI=1S/C15H21NO/c1-2-14(13-9-5-3-6-10-13)15(17)16-11-7-4-8-12-16/h3,5-6,9-10,14H,2,4,7-8,11-12H2,1H3/t14-/m1/s1. The van der Waals surface area contributed by atoms with E-state index in [1.807, 2.05) is 23.1 Å². The van der Waals surface area contributed by atoms with E-state index in [-0.39, 0.29) is 5.92 Å². The summed E-state index contributed by atoms with van der Waals surface area (Å²) in [4.78, 5) is 14.5. The van der Waals surface area contributed by atoms with E-state index in [2.05, 4.69) is 19.1 Å². The monoisotopic (exact) mass is 231 g/mol. The fraction of sp³-hybridized carbons (Fsp3) is 0.533. The van der Waals surface area contributed by atoms with Crippen molar-refractivity contribution < 1.29 is 4.79 Å². The highest BCUT2D eigenvalue weighted by Crippen LogP contribution is 2.23. The van der Waals surface area contributed by atoms with Gasteiger partial charge in [0, 0.05) is 13.1 Å². The third-order valence-corrected chi connectivity index (χ3v) is 3.58. The number of hydrogen-bond acceptors (Lipinski definition) is 1. The van der Waals surface area contributed by atoms with Crippen LogP contribution in [0.1, 0.15) is 44.1 Å². The van der Waals surface area contributed by atoms with Crippen molar-refractivity contribution in [2.24, 2.45) is 0 Å². The van der Waals surface area contributed by atoms with Gasteiger partial charge in [-0.15, -0.1) is 0 Å². The zero-order valence-electron chi connectivity index (χ0n) is 10.6. The maximum absolute atomic E-state index is 12.5. The largest absolute Gasteiger partial charge is 0.342 e. The first-order chi connectivity index (χ1) is 8.33. The molecule has 1 atom stereocenters. The van der Waals surface area contributed by atoms with Crippen LogP contribution in [0.3, 0.4) is 0 Å². The minimum atomic E-state index is 0.0503. The van der Waals surface area contributed by atoms with Crippen molar-refractivity contribution in [3.05, 3.63) is 35.9 Å². The van der Waals surface area contributed by atoms with Crippen LogP contribution in [0.25, 0.3) is 0 Å². The van der Waals surface area contributed by atoms with E-state index < -0.39 is 0 Å². The molecule has 1 aromatic carbocycles. The van der Waals surface area contributed by atoms with E-state index in [1.54, 1.807) is 0 Å². The fourth-order valence-corrected chi connectivity index (χ4v) is 2.57. The third kappa shape index (κ3) is 2.87. The number of nitrogens with zero attached hydrogens (tertiary/aromatic N) is 1. The van der Waals surface area contributed by atoms with Crippen LogP contribution >= 0.6 is 0 Å². The highest BCUT2D eigenvalue weighted by Gasteiger charge is 2.25. The van der Waals surface area contributed by atoms with Crippen LogP contribution < -0.4 is 0 Å². The van der Waals surface area contributed by atoms with Crippen LogP contribution in [-0.4, -0.2) is 23.9 Å². The van der Waals surface area contributed by atoms with Crippen molar-refractivity contribution >= 4 is 5.91 Å². The Kier molecular flexibility index (Phi) is 4.18. The molecular formula is C15H21NO. The van der Waals surface area contributed by atoms with E-state index in [0.29, 0.717) is 5.91 Å². The van der Waals surface area contributed by atoms with Gasteiger partial charge in [0.15, 0.2) is 0 Å². The maximum atomic E-state index is 12.5. The van der Waals surface area contributed by atoms with Gasteiger partial charge in [0.2, 0.25) is 5.91 Å². The highest BCUT2D eigenvalue weighted by atomic mass is 16.2. The average molecular weight is 231 g/mol. The van der Waals surface area contributed by atoms with Crippen molar-refractivity contribution in [1.29, 1.82) is 0 Å². The molecule has 1 aliphatic heterocycles. The highest BCUT2D eigenvalue weighted by molar-refractivity contribution is 5.83. The Hall–Kier alpha value is -1.31. The minimum absolute atomic E-state index is 0.0503. The summed E-state index contributed by atoms with van der Waals surface area (Å²) >= 11 is 0. The molecule has 0 spiro atoms. The summed E-state index contributed by atoms with van der Waals surface area (Å²) in [7, 11) is 0. The molecule has 0 aromatic heterocycles. The summed E-state index contributed by atoms with van der Waals surface area (Å²) in [6.07, 6.45) is 4.49. The molecule has 92 valence electrons. The Morgan fingerprint density at radius 3 is 2.41 bits per heavy atom. The second-order valence-electron chi connectivity index (χ2n) is 4.76.